The zero-order chi connectivity index (χ0) is 19.4. The fourth-order valence-corrected chi connectivity index (χ4v) is 2.46. The van der Waals surface area contributed by atoms with Crippen molar-refractivity contribution in [3.8, 4) is 5.75 Å². The molecule has 0 spiro atoms. The minimum Gasteiger partial charge on any atom is -0.507 e. The average molecular weight is 356 g/mol. The molecule has 0 saturated carbocycles. The summed E-state index contributed by atoms with van der Waals surface area (Å²) in [6, 6.07) is 6.22. The lowest BCUT2D eigenvalue weighted by molar-refractivity contribution is -0.131. The highest BCUT2D eigenvalue weighted by Gasteiger charge is 2.18. The van der Waals surface area contributed by atoms with Gasteiger partial charge in [0.2, 0.25) is 5.91 Å². The maximum absolute atomic E-state index is 12.1. The van der Waals surface area contributed by atoms with E-state index in [2.05, 4.69) is 5.10 Å². The number of amides is 1. The van der Waals surface area contributed by atoms with Crippen molar-refractivity contribution >= 4 is 17.2 Å². The predicted octanol–water partition coefficient (Wildman–Crippen LogP) is 0.824. The second-order valence-electron chi connectivity index (χ2n) is 6.10. The highest BCUT2D eigenvalue weighted by atomic mass is 16.3. The number of aromatic hydroxyl groups is 1. The molecule has 2 rings (SSSR count). The third kappa shape index (κ3) is 3.97. The molecule has 0 bridgehead atoms. The van der Waals surface area contributed by atoms with Crippen molar-refractivity contribution in [1.29, 1.82) is 0 Å². The standard InChI is InChI=1S/C18H24N6O2/c1-11(18(26)23(2)3)24-10-12(9-22-24)14(17(20)21)8-15(19)13-6-4-5-7-16(13)25/h4-11,25H,19-21H2,1-3H3/b15-8-/t11-/m1/s1. The molecule has 0 radical (unpaired) electrons. The molecule has 0 aliphatic carbocycles. The normalized spacial score (nSPS) is 12.5. The van der Waals surface area contributed by atoms with Crippen molar-refractivity contribution in [3.63, 3.8) is 0 Å². The first-order valence-electron chi connectivity index (χ1n) is 7.98. The molecule has 0 saturated heterocycles. The van der Waals surface area contributed by atoms with Crippen LogP contribution in [0.1, 0.15) is 24.1 Å². The van der Waals surface area contributed by atoms with Gasteiger partial charge in [-0.2, -0.15) is 5.10 Å². The summed E-state index contributed by atoms with van der Waals surface area (Å²) in [6.45, 7) is 1.75. The largest absolute Gasteiger partial charge is 0.507 e. The van der Waals surface area contributed by atoms with Gasteiger partial charge in [0.1, 0.15) is 17.6 Å². The van der Waals surface area contributed by atoms with E-state index in [9.17, 15) is 9.90 Å². The smallest absolute Gasteiger partial charge is 0.246 e. The molecule has 0 unspecified atom stereocenters. The van der Waals surface area contributed by atoms with Crippen LogP contribution in [0, 0.1) is 0 Å². The van der Waals surface area contributed by atoms with Gasteiger partial charge in [-0.1, -0.05) is 12.1 Å². The first kappa shape index (κ1) is 18.9. The van der Waals surface area contributed by atoms with Crippen LogP contribution in [-0.4, -0.2) is 39.8 Å². The summed E-state index contributed by atoms with van der Waals surface area (Å²) >= 11 is 0. The van der Waals surface area contributed by atoms with Gasteiger partial charge in [0.25, 0.3) is 0 Å². The number of nitrogens with two attached hydrogens (primary N) is 3. The molecule has 138 valence electrons. The lowest BCUT2D eigenvalue weighted by Gasteiger charge is -2.16. The fourth-order valence-electron chi connectivity index (χ4n) is 2.46. The maximum atomic E-state index is 12.1. The van der Waals surface area contributed by atoms with Crippen molar-refractivity contribution in [3.05, 3.63) is 59.7 Å². The van der Waals surface area contributed by atoms with Crippen LogP contribution in [0.15, 0.2) is 48.6 Å². The van der Waals surface area contributed by atoms with E-state index in [1.807, 2.05) is 0 Å². The average Bonchev–Trinajstić information content (AvgIpc) is 3.07. The van der Waals surface area contributed by atoms with Crippen LogP contribution >= 0.6 is 0 Å². The number of phenols is 1. The van der Waals surface area contributed by atoms with Crippen molar-refractivity contribution in [2.45, 2.75) is 13.0 Å². The molecule has 1 heterocycles. The van der Waals surface area contributed by atoms with Crippen molar-refractivity contribution in [1.82, 2.24) is 14.7 Å². The topological polar surface area (TPSA) is 136 Å². The SMILES string of the molecule is C[C@H](C(=O)N(C)C)n1cc(C(/C=C(\N)c2ccccc2O)=C(N)N)cn1. The third-order valence-corrected chi connectivity index (χ3v) is 3.93. The summed E-state index contributed by atoms with van der Waals surface area (Å²) in [7, 11) is 3.37. The van der Waals surface area contributed by atoms with Crippen molar-refractivity contribution in [2.24, 2.45) is 17.2 Å². The van der Waals surface area contributed by atoms with Gasteiger partial charge in [-0.15, -0.1) is 0 Å². The molecule has 1 atom stereocenters. The zero-order valence-corrected chi connectivity index (χ0v) is 15.0. The number of aromatic nitrogens is 2. The number of nitrogens with zero attached hydrogens (tertiary/aromatic N) is 3. The molecule has 7 N–H and O–H groups in total. The van der Waals surface area contributed by atoms with Crippen molar-refractivity contribution in [2.75, 3.05) is 14.1 Å². The number of carbonyl (C=O) groups excluding carboxylic acids is 1. The summed E-state index contributed by atoms with van der Waals surface area (Å²) in [5.74, 6) is 0.0155. The number of carbonyl (C=O) groups is 1. The van der Waals surface area contributed by atoms with Gasteiger partial charge < -0.3 is 27.2 Å². The second kappa shape index (κ2) is 7.64. The van der Waals surface area contributed by atoms with E-state index in [0.717, 1.165) is 0 Å². The van der Waals surface area contributed by atoms with Gasteiger partial charge >= 0.3 is 0 Å². The van der Waals surface area contributed by atoms with E-state index in [1.54, 1.807) is 57.7 Å². The first-order chi connectivity index (χ1) is 12.2. The van der Waals surface area contributed by atoms with E-state index in [-0.39, 0.29) is 17.5 Å². The van der Waals surface area contributed by atoms with E-state index < -0.39 is 6.04 Å². The molecular weight excluding hydrogens is 332 g/mol. The molecular formula is C18H24N6O2. The number of allylic oxidation sites excluding steroid dienone is 2. The fraction of sp³-hybridized carbons (Fsp3) is 0.222. The molecule has 8 nitrogen and oxygen atoms in total. The number of para-hydroxylation sites is 1. The van der Waals surface area contributed by atoms with Gasteiger partial charge in [0, 0.05) is 42.7 Å². The minimum atomic E-state index is -0.474. The Balaban J connectivity index is 2.39. The van der Waals surface area contributed by atoms with Gasteiger partial charge in [-0.05, 0) is 25.1 Å². The summed E-state index contributed by atoms with van der Waals surface area (Å²) in [5, 5.41) is 14.2. The summed E-state index contributed by atoms with van der Waals surface area (Å²) < 4.78 is 1.53. The zero-order valence-electron chi connectivity index (χ0n) is 15.0. The Morgan fingerprint density at radius 2 is 1.92 bits per heavy atom. The van der Waals surface area contributed by atoms with Gasteiger partial charge in [-0.25, -0.2) is 0 Å². The molecule has 1 aromatic heterocycles. The van der Waals surface area contributed by atoms with Crippen LogP contribution in [0.5, 0.6) is 5.75 Å². The molecule has 26 heavy (non-hydrogen) atoms. The molecule has 2 aromatic rings. The van der Waals surface area contributed by atoms with Crippen LogP contribution in [0.3, 0.4) is 0 Å². The van der Waals surface area contributed by atoms with E-state index in [1.165, 1.54) is 15.6 Å². The number of phenolic OH excluding ortho intramolecular Hbond substituents is 1. The van der Waals surface area contributed by atoms with Gasteiger partial charge in [-0.3, -0.25) is 9.48 Å². The summed E-state index contributed by atoms with van der Waals surface area (Å²) in [4.78, 5) is 13.6. The minimum absolute atomic E-state index is 0.0505. The highest BCUT2D eigenvalue weighted by Crippen LogP contribution is 2.25. The molecule has 0 aliphatic rings. The Hall–Kier alpha value is -3.42. The lowest BCUT2D eigenvalue weighted by Crippen LogP contribution is -2.30. The van der Waals surface area contributed by atoms with Crippen LogP contribution in [-0.2, 0) is 4.79 Å². The molecule has 0 fully saturated rings. The highest BCUT2D eigenvalue weighted by molar-refractivity contribution is 5.85. The van der Waals surface area contributed by atoms with Crippen LogP contribution in [0.4, 0.5) is 0 Å². The number of rotatable bonds is 5. The predicted molar refractivity (Wildman–Crippen MR) is 101 cm³/mol. The van der Waals surface area contributed by atoms with Crippen molar-refractivity contribution < 1.29 is 9.90 Å². The number of hydrogen-bond donors (Lipinski definition) is 4. The Bertz CT molecular complexity index is 862. The summed E-state index contributed by atoms with van der Waals surface area (Å²) in [5.41, 5.74) is 19.6. The van der Waals surface area contributed by atoms with Gasteiger partial charge in [0.15, 0.2) is 0 Å². The van der Waals surface area contributed by atoms with E-state index in [4.69, 9.17) is 17.2 Å². The lowest BCUT2D eigenvalue weighted by atomic mass is 10.0. The quantitative estimate of drug-likeness (QED) is 0.586. The molecule has 0 aliphatic heterocycles. The second-order valence-corrected chi connectivity index (χ2v) is 6.10. The van der Waals surface area contributed by atoms with Gasteiger partial charge in [0.05, 0.1) is 6.20 Å². The van der Waals surface area contributed by atoms with E-state index in [0.29, 0.717) is 22.4 Å². The maximum Gasteiger partial charge on any atom is 0.246 e. The number of benzene rings is 1. The monoisotopic (exact) mass is 356 g/mol. The number of hydrogen-bond acceptors (Lipinski definition) is 6. The van der Waals surface area contributed by atoms with Crippen LogP contribution in [0.2, 0.25) is 0 Å². The first-order valence-corrected chi connectivity index (χ1v) is 7.98. The van der Waals surface area contributed by atoms with E-state index >= 15 is 0 Å². The Labute approximate surface area is 152 Å². The molecule has 1 amide bonds. The Morgan fingerprint density at radius 3 is 2.50 bits per heavy atom. The number of likely N-dealkylation sites (N-methyl/N-ethyl adjacent to an activating group) is 1. The summed E-state index contributed by atoms with van der Waals surface area (Å²) in [6.07, 6.45) is 4.81. The Morgan fingerprint density at radius 1 is 1.27 bits per heavy atom. The third-order valence-electron chi connectivity index (χ3n) is 3.93. The molecule has 1 aromatic carbocycles. The Kier molecular flexibility index (Phi) is 5.56. The van der Waals surface area contributed by atoms with Crippen LogP contribution < -0.4 is 17.2 Å². The van der Waals surface area contributed by atoms with Crippen LogP contribution in [0.25, 0.3) is 11.3 Å². The molecule has 8 heteroatoms.